The highest BCUT2D eigenvalue weighted by Crippen LogP contribution is 2.44. The zero-order chi connectivity index (χ0) is 39.1. The van der Waals surface area contributed by atoms with E-state index >= 15 is 0 Å². The second-order valence-corrected chi connectivity index (χ2v) is 14.7. The molecule has 0 unspecified atom stereocenters. The Hall–Kier alpha value is -7.95. The smallest absolute Gasteiger partial charge is 0.227 e. The molecular weight excluding hydrogens is 721 g/mol. The van der Waals surface area contributed by atoms with Crippen molar-refractivity contribution in [3.8, 4) is 56.0 Å². The molecule has 4 nitrogen and oxygen atoms in total. The molecule has 0 radical (unpaired) electrons. The standard InChI is InChI=1S/C55H36N2O2/c1-4-13-37(14-5-1)39-23-25-40(26-24-39)41-27-31-45(32-28-41)57(47-20-12-19-44(35-47)38-15-6-2-7-16-38)46-33-29-42(30-34-46)52-53-48-21-10-11-22-49(48)58-50(53)36-51-54(52)56-55(59-51)43-17-8-3-9-18-43/h1-36H. The Labute approximate surface area is 341 Å². The maximum absolute atomic E-state index is 6.43. The van der Waals surface area contributed by atoms with Gasteiger partial charge in [0.05, 0.1) is 0 Å². The number of hydrogen-bond acceptors (Lipinski definition) is 4. The summed E-state index contributed by atoms with van der Waals surface area (Å²) in [6, 6.07) is 76.5. The Bertz CT molecular complexity index is 3220. The molecular formula is C55H36N2O2. The van der Waals surface area contributed by atoms with E-state index in [1.165, 1.54) is 22.3 Å². The number of benzene rings is 9. The predicted molar refractivity (Wildman–Crippen MR) is 243 cm³/mol. The SMILES string of the molecule is c1ccc(-c2ccc(-c3ccc(N(c4ccc(-c5c6nc(-c7ccccc7)oc6cc6oc7ccccc7c56)cc4)c4cccc(-c5ccccc5)c4)cc3)cc2)cc1. The highest BCUT2D eigenvalue weighted by atomic mass is 16.4. The molecule has 0 aliphatic rings. The van der Waals surface area contributed by atoms with Crippen LogP contribution in [0.5, 0.6) is 0 Å². The fourth-order valence-corrected chi connectivity index (χ4v) is 8.22. The van der Waals surface area contributed by atoms with E-state index in [9.17, 15) is 0 Å². The minimum absolute atomic E-state index is 0.579. The van der Waals surface area contributed by atoms with Gasteiger partial charge in [0, 0.05) is 45.0 Å². The summed E-state index contributed by atoms with van der Waals surface area (Å²) >= 11 is 0. The number of fused-ring (bicyclic) bond motifs is 4. The van der Waals surface area contributed by atoms with Crippen LogP contribution in [0.1, 0.15) is 0 Å². The summed E-state index contributed by atoms with van der Waals surface area (Å²) in [6.45, 7) is 0. The van der Waals surface area contributed by atoms with Gasteiger partial charge in [-0.1, -0.05) is 158 Å². The van der Waals surface area contributed by atoms with Gasteiger partial charge in [0.25, 0.3) is 0 Å². The summed E-state index contributed by atoms with van der Waals surface area (Å²) in [6.07, 6.45) is 0. The van der Waals surface area contributed by atoms with Gasteiger partial charge in [0.2, 0.25) is 5.89 Å². The van der Waals surface area contributed by atoms with E-state index in [2.05, 4.69) is 175 Å². The first-order valence-electron chi connectivity index (χ1n) is 19.9. The van der Waals surface area contributed by atoms with Crippen molar-refractivity contribution >= 4 is 50.1 Å². The lowest BCUT2D eigenvalue weighted by atomic mass is 9.97. The molecule has 2 heterocycles. The van der Waals surface area contributed by atoms with Crippen molar-refractivity contribution < 1.29 is 8.83 Å². The average molecular weight is 757 g/mol. The molecule has 0 atom stereocenters. The van der Waals surface area contributed by atoms with Crippen LogP contribution in [0, 0.1) is 0 Å². The quantitative estimate of drug-likeness (QED) is 0.155. The van der Waals surface area contributed by atoms with Crippen LogP contribution in [-0.2, 0) is 0 Å². The zero-order valence-electron chi connectivity index (χ0n) is 32.0. The first kappa shape index (κ1) is 34.3. The van der Waals surface area contributed by atoms with Gasteiger partial charge in [-0.15, -0.1) is 0 Å². The van der Waals surface area contributed by atoms with Gasteiger partial charge in [0.15, 0.2) is 5.58 Å². The van der Waals surface area contributed by atoms with Crippen LogP contribution in [0.3, 0.4) is 0 Å². The Kier molecular flexibility index (Phi) is 8.45. The van der Waals surface area contributed by atoms with Crippen LogP contribution in [0.2, 0.25) is 0 Å². The van der Waals surface area contributed by atoms with Crippen LogP contribution in [0.15, 0.2) is 227 Å². The molecule has 0 amide bonds. The lowest BCUT2D eigenvalue weighted by Crippen LogP contribution is -2.10. The van der Waals surface area contributed by atoms with Gasteiger partial charge in [0.1, 0.15) is 16.7 Å². The van der Waals surface area contributed by atoms with Gasteiger partial charge in [-0.25, -0.2) is 4.98 Å². The first-order valence-corrected chi connectivity index (χ1v) is 19.9. The summed E-state index contributed by atoms with van der Waals surface area (Å²) < 4.78 is 12.9. The molecule has 2 aromatic heterocycles. The summed E-state index contributed by atoms with van der Waals surface area (Å²) in [5.41, 5.74) is 16.3. The van der Waals surface area contributed by atoms with Gasteiger partial charge in [-0.05, 0) is 93.5 Å². The predicted octanol–water partition coefficient (Wildman–Crippen LogP) is 15.5. The molecule has 0 saturated carbocycles. The molecule has 0 aliphatic heterocycles. The summed E-state index contributed by atoms with van der Waals surface area (Å²) in [7, 11) is 0. The van der Waals surface area contributed by atoms with Gasteiger partial charge in [-0.3, -0.25) is 0 Å². The molecule has 0 N–H and O–H groups in total. The highest BCUT2D eigenvalue weighted by molar-refractivity contribution is 6.19. The summed E-state index contributed by atoms with van der Waals surface area (Å²) in [5, 5.41) is 2.07. The number of para-hydroxylation sites is 1. The minimum Gasteiger partial charge on any atom is -0.456 e. The maximum atomic E-state index is 6.43. The number of nitrogens with zero attached hydrogens (tertiary/aromatic N) is 2. The van der Waals surface area contributed by atoms with Gasteiger partial charge >= 0.3 is 0 Å². The first-order chi connectivity index (χ1) is 29.2. The molecule has 0 aliphatic carbocycles. The van der Waals surface area contributed by atoms with Crippen molar-refractivity contribution in [3.63, 3.8) is 0 Å². The molecule has 11 rings (SSSR count). The Morgan fingerprint density at radius 3 is 1.44 bits per heavy atom. The van der Waals surface area contributed by atoms with E-state index in [1.807, 2.05) is 48.5 Å². The lowest BCUT2D eigenvalue weighted by Gasteiger charge is -2.26. The molecule has 4 heteroatoms. The van der Waals surface area contributed by atoms with E-state index in [1.54, 1.807) is 0 Å². The Balaban J connectivity index is 1.02. The highest BCUT2D eigenvalue weighted by Gasteiger charge is 2.22. The fourth-order valence-electron chi connectivity index (χ4n) is 8.22. The number of furan rings is 1. The van der Waals surface area contributed by atoms with Crippen LogP contribution in [0.4, 0.5) is 17.1 Å². The molecule has 9 aromatic carbocycles. The molecule has 0 saturated heterocycles. The third kappa shape index (κ3) is 6.34. The van der Waals surface area contributed by atoms with E-state index in [0.29, 0.717) is 11.5 Å². The molecule has 0 fully saturated rings. The summed E-state index contributed by atoms with van der Waals surface area (Å²) in [4.78, 5) is 7.45. The number of oxazole rings is 1. The molecule has 0 spiro atoms. The summed E-state index contributed by atoms with van der Waals surface area (Å²) in [5.74, 6) is 0.579. The van der Waals surface area contributed by atoms with Crippen molar-refractivity contribution in [1.82, 2.24) is 4.98 Å². The van der Waals surface area contributed by atoms with Crippen LogP contribution in [-0.4, -0.2) is 4.98 Å². The number of rotatable bonds is 8. The van der Waals surface area contributed by atoms with E-state index in [0.717, 1.165) is 72.3 Å². The minimum atomic E-state index is 0.579. The number of aromatic nitrogens is 1. The second kappa shape index (κ2) is 14.5. The average Bonchev–Trinajstić information content (AvgIpc) is 3.91. The molecule has 11 aromatic rings. The largest absolute Gasteiger partial charge is 0.456 e. The second-order valence-electron chi connectivity index (χ2n) is 14.7. The third-order valence-electron chi connectivity index (χ3n) is 11.1. The van der Waals surface area contributed by atoms with Crippen LogP contribution >= 0.6 is 0 Å². The zero-order valence-corrected chi connectivity index (χ0v) is 32.0. The monoisotopic (exact) mass is 756 g/mol. The molecule has 278 valence electrons. The number of hydrogen-bond donors (Lipinski definition) is 0. The van der Waals surface area contributed by atoms with Gasteiger partial charge in [-0.2, -0.15) is 0 Å². The molecule has 59 heavy (non-hydrogen) atoms. The van der Waals surface area contributed by atoms with Crippen molar-refractivity contribution in [2.24, 2.45) is 0 Å². The van der Waals surface area contributed by atoms with Crippen molar-refractivity contribution in [2.45, 2.75) is 0 Å². The molecule has 0 bridgehead atoms. The van der Waals surface area contributed by atoms with Crippen molar-refractivity contribution in [3.05, 3.63) is 218 Å². The van der Waals surface area contributed by atoms with Crippen molar-refractivity contribution in [2.75, 3.05) is 4.90 Å². The topological polar surface area (TPSA) is 42.4 Å². The normalized spacial score (nSPS) is 11.4. The Morgan fingerprint density at radius 1 is 0.322 bits per heavy atom. The van der Waals surface area contributed by atoms with Crippen LogP contribution < -0.4 is 4.90 Å². The van der Waals surface area contributed by atoms with Crippen LogP contribution in [0.25, 0.3) is 89.0 Å². The Morgan fingerprint density at radius 2 is 0.814 bits per heavy atom. The number of anilines is 3. The maximum Gasteiger partial charge on any atom is 0.227 e. The lowest BCUT2D eigenvalue weighted by molar-refractivity contribution is 0.617. The van der Waals surface area contributed by atoms with E-state index in [-0.39, 0.29) is 0 Å². The van der Waals surface area contributed by atoms with E-state index < -0.39 is 0 Å². The van der Waals surface area contributed by atoms with Crippen molar-refractivity contribution in [1.29, 1.82) is 0 Å². The fraction of sp³-hybridized carbons (Fsp3) is 0. The van der Waals surface area contributed by atoms with E-state index in [4.69, 9.17) is 13.8 Å². The third-order valence-corrected chi connectivity index (χ3v) is 11.1. The van der Waals surface area contributed by atoms with Gasteiger partial charge < -0.3 is 13.7 Å².